The average Bonchev–Trinajstić information content (AvgIpc) is 3.02. The molecule has 1 aliphatic rings. The number of imide groups is 1. The number of nitrogens with zero attached hydrogens (tertiary/aromatic N) is 1. The Labute approximate surface area is 115 Å². The molecule has 96 valence electrons. The summed E-state index contributed by atoms with van der Waals surface area (Å²) in [5.41, 5.74) is 2.17. The minimum Gasteiger partial charge on any atom is -0.278 e. The highest BCUT2D eigenvalue weighted by Crippen LogP contribution is 2.31. The zero-order valence-electron chi connectivity index (χ0n) is 10.3. The van der Waals surface area contributed by atoms with Crippen molar-refractivity contribution in [3.63, 3.8) is 0 Å². The Bertz CT molecular complexity index is 602. The summed E-state index contributed by atoms with van der Waals surface area (Å²) in [7, 11) is 0. The van der Waals surface area contributed by atoms with Crippen LogP contribution in [0.25, 0.3) is 10.4 Å². The molecule has 0 bridgehead atoms. The van der Waals surface area contributed by atoms with Crippen molar-refractivity contribution in [2.24, 2.45) is 0 Å². The van der Waals surface area contributed by atoms with Crippen molar-refractivity contribution in [3.8, 4) is 10.4 Å². The molecule has 2 heterocycles. The Hall–Kier alpha value is -1.94. The monoisotopic (exact) mass is 271 g/mol. The van der Waals surface area contributed by atoms with Gasteiger partial charge < -0.3 is 0 Å². The average molecular weight is 271 g/mol. The first-order valence-corrected chi connectivity index (χ1v) is 7.08. The van der Waals surface area contributed by atoms with Crippen molar-refractivity contribution in [1.82, 2.24) is 4.90 Å². The summed E-state index contributed by atoms with van der Waals surface area (Å²) >= 11 is 1.64. The van der Waals surface area contributed by atoms with Gasteiger partial charge in [-0.1, -0.05) is 30.3 Å². The van der Waals surface area contributed by atoms with E-state index >= 15 is 0 Å². The topological polar surface area (TPSA) is 37.4 Å². The van der Waals surface area contributed by atoms with Crippen LogP contribution in [0.15, 0.2) is 41.8 Å². The normalized spacial score (nSPS) is 15.3. The summed E-state index contributed by atoms with van der Waals surface area (Å²) in [6, 6.07) is 12.0. The highest BCUT2D eigenvalue weighted by Gasteiger charge is 2.29. The second-order valence-corrected chi connectivity index (χ2v) is 5.43. The van der Waals surface area contributed by atoms with Gasteiger partial charge in [-0.3, -0.25) is 14.5 Å². The molecule has 1 saturated heterocycles. The number of hydrogen-bond donors (Lipinski definition) is 0. The molecule has 19 heavy (non-hydrogen) atoms. The minimum atomic E-state index is -0.0600. The first-order chi connectivity index (χ1) is 9.25. The second kappa shape index (κ2) is 4.97. The Morgan fingerprint density at radius 1 is 1.00 bits per heavy atom. The summed E-state index contributed by atoms with van der Waals surface area (Å²) in [5.74, 6) is -0.120. The molecule has 1 aromatic carbocycles. The van der Waals surface area contributed by atoms with E-state index in [0.717, 1.165) is 16.0 Å². The van der Waals surface area contributed by atoms with Crippen LogP contribution in [-0.4, -0.2) is 16.7 Å². The van der Waals surface area contributed by atoms with Crippen LogP contribution in [0.2, 0.25) is 0 Å². The van der Waals surface area contributed by atoms with Crippen molar-refractivity contribution in [3.05, 3.63) is 47.3 Å². The molecule has 0 radical (unpaired) electrons. The molecule has 3 nitrogen and oxygen atoms in total. The van der Waals surface area contributed by atoms with Gasteiger partial charge in [-0.25, -0.2) is 0 Å². The Balaban J connectivity index is 1.89. The summed E-state index contributed by atoms with van der Waals surface area (Å²) in [4.78, 5) is 25.8. The van der Waals surface area contributed by atoms with Crippen molar-refractivity contribution >= 4 is 23.2 Å². The summed E-state index contributed by atoms with van der Waals surface area (Å²) < 4.78 is 0. The van der Waals surface area contributed by atoms with E-state index < -0.39 is 0 Å². The molecule has 4 heteroatoms. The van der Waals surface area contributed by atoms with E-state index in [1.807, 2.05) is 41.8 Å². The highest BCUT2D eigenvalue weighted by molar-refractivity contribution is 7.13. The largest absolute Gasteiger partial charge is 0.278 e. The van der Waals surface area contributed by atoms with E-state index in [1.54, 1.807) is 11.3 Å². The number of hydrogen-bond acceptors (Lipinski definition) is 3. The van der Waals surface area contributed by atoms with Crippen LogP contribution in [0.1, 0.15) is 18.4 Å². The molecule has 3 rings (SSSR count). The van der Waals surface area contributed by atoms with E-state index in [0.29, 0.717) is 19.4 Å². The van der Waals surface area contributed by atoms with Crippen LogP contribution >= 0.6 is 11.3 Å². The lowest BCUT2D eigenvalue weighted by atomic mass is 10.1. The van der Waals surface area contributed by atoms with Crippen molar-refractivity contribution < 1.29 is 9.59 Å². The Morgan fingerprint density at radius 2 is 1.68 bits per heavy atom. The third-order valence-electron chi connectivity index (χ3n) is 3.27. The number of carbonyl (C=O) groups is 2. The third-order valence-corrected chi connectivity index (χ3v) is 4.27. The van der Waals surface area contributed by atoms with Crippen LogP contribution in [-0.2, 0) is 16.1 Å². The maximum Gasteiger partial charge on any atom is 0.229 e. The van der Waals surface area contributed by atoms with Crippen LogP contribution in [0.3, 0.4) is 0 Å². The fourth-order valence-corrected chi connectivity index (χ4v) is 3.20. The zero-order chi connectivity index (χ0) is 13.2. The van der Waals surface area contributed by atoms with Gasteiger partial charge in [0.1, 0.15) is 0 Å². The molecule has 0 atom stereocenters. The fraction of sp³-hybridized carbons (Fsp3) is 0.200. The number of carbonyl (C=O) groups excluding carboxylic acids is 2. The molecule has 0 N–H and O–H groups in total. The van der Waals surface area contributed by atoms with Crippen molar-refractivity contribution in [2.45, 2.75) is 19.4 Å². The summed E-state index contributed by atoms with van der Waals surface area (Å²) in [5, 5.41) is 2.00. The van der Waals surface area contributed by atoms with Crippen LogP contribution in [0.5, 0.6) is 0 Å². The number of likely N-dealkylation sites (tertiary alicyclic amines) is 1. The highest BCUT2D eigenvalue weighted by atomic mass is 32.1. The predicted molar refractivity (Wildman–Crippen MR) is 74.5 cm³/mol. The summed E-state index contributed by atoms with van der Waals surface area (Å²) in [6.07, 6.45) is 0.702. The predicted octanol–water partition coefficient (Wildman–Crippen LogP) is 3.06. The molecular formula is C15H13NO2S. The zero-order valence-corrected chi connectivity index (χ0v) is 11.2. The number of benzene rings is 1. The van der Waals surface area contributed by atoms with Gasteiger partial charge >= 0.3 is 0 Å². The molecule has 2 aromatic rings. The Kier molecular flexibility index (Phi) is 3.17. The quantitative estimate of drug-likeness (QED) is 0.805. The minimum absolute atomic E-state index is 0.0600. The molecule has 1 aromatic heterocycles. The standard InChI is InChI=1S/C15H13NO2S/c17-13-6-7-14(18)16(13)10-12-8-9-19-15(12)11-4-2-1-3-5-11/h1-5,8-9H,6-7,10H2. The number of amides is 2. The van der Waals surface area contributed by atoms with E-state index in [9.17, 15) is 9.59 Å². The lowest BCUT2D eigenvalue weighted by Gasteiger charge is -2.14. The van der Waals surface area contributed by atoms with Crippen molar-refractivity contribution in [1.29, 1.82) is 0 Å². The van der Waals surface area contributed by atoms with Crippen molar-refractivity contribution in [2.75, 3.05) is 0 Å². The Morgan fingerprint density at radius 3 is 2.37 bits per heavy atom. The first-order valence-electron chi connectivity index (χ1n) is 6.20. The van der Waals surface area contributed by atoms with Crippen LogP contribution in [0.4, 0.5) is 0 Å². The molecular weight excluding hydrogens is 258 g/mol. The second-order valence-electron chi connectivity index (χ2n) is 4.51. The van der Waals surface area contributed by atoms with Gasteiger partial charge in [-0.15, -0.1) is 11.3 Å². The summed E-state index contributed by atoms with van der Waals surface area (Å²) in [6.45, 7) is 0.394. The van der Waals surface area contributed by atoms with Gasteiger partial charge in [0.25, 0.3) is 0 Å². The van der Waals surface area contributed by atoms with E-state index in [2.05, 4.69) is 0 Å². The fourth-order valence-electron chi connectivity index (χ4n) is 2.27. The molecule has 0 saturated carbocycles. The number of rotatable bonds is 3. The smallest absolute Gasteiger partial charge is 0.229 e. The maximum atomic E-state index is 11.7. The lowest BCUT2D eigenvalue weighted by molar-refractivity contribution is -0.139. The molecule has 0 unspecified atom stereocenters. The van der Waals surface area contributed by atoms with Gasteiger partial charge in [-0.2, -0.15) is 0 Å². The first kappa shape index (κ1) is 12.1. The van der Waals surface area contributed by atoms with Gasteiger partial charge in [0, 0.05) is 17.7 Å². The van der Waals surface area contributed by atoms with Gasteiger partial charge in [0.2, 0.25) is 11.8 Å². The van der Waals surface area contributed by atoms with E-state index in [4.69, 9.17) is 0 Å². The van der Waals surface area contributed by atoms with E-state index in [-0.39, 0.29) is 11.8 Å². The van der Waals surface area contributed by atoms with Crippen LogP contribution < -0.4 is 0 Å². The lowest BCUT2D eigenvalue weighted by Crippen LogP contribution is -2.28. The number of thiophene rings is 1. The van der Waals surface area contributed by atoms with Gasteiger partial charge in [0.15, 0.2) is 0 Å². The molecule has 0 aliphatic carbocycles. The van der Waals surface area contributed by atoms with Gasteiger partial charge in [-0.05, 0) is 22.6 Å². The van der Waals surface area contributed by atoms with Gasteiger partial charge in [0.05, 0.1) is 6.54 Å². The maximum absolute atomic E-state index is 11.7. The molecule has 1 aliphatic heterocycles. The third kappa shape index (κ3) is 2.31. The molecule has 2 amide bonds. The molecule has 1 fully saturated rings. The van der Waals surface area contributed by atoms with Crippen LogP contribution in [0, 0.1) is 0 Å². The molecule has 0 spiro atoms. The SMILES string of the molecule is O=C1CCC(=O)N1Cc1ccsc1-c1ccccc1. The van der Waals surface area contributed by atoms with E-state index in [1.165, 1.54) is 4.90 Å².